The van der Waals surface area contributed by atoms with E-state index in [4.69, 9.17) is 4.74 Å². The van der Waals surface area contributed by atoms with E-state index in [-0.39, 0.29) is 24.8 Å². The van der Waals surface area contributed by atoms with Gasteiger partial charge in [0.05, 0.1) is 24.7 Å². The molecule has 3 rings (SSSR count). The van der Waals surface area contributed by atoms with Crippen molar-refractivity contribution in [1.29, 1.82) is 0 Å². The summed E-state index contributed by atoms with van der Waals surface area (Å²) in [5.41, 5.74) is 0.362. The van der Waals surface area contributed by atoms with Gasteiger partial charge in [0.2, 0.25) is 5.91 Å². The zero-order valence-electron chi connectivity index (χ0n) is 14.2. The van der Waals surface area contributed by atoms with Gasteiger partial charge in [-0.2, -0.15) is 17.4 Å². The highest BCUT2D eigenvalue weighted by Crippen LogP contribution is 2.24. The first-order valence-corrected chi connectivity index (χ1v) is 9.56. The molecule has 0 unspecified atom stereocenters. The van der Waals surface area contributed by atoms with Crippen molar-refractivity contribution in [1.82, 2.24) is 9.03 Å². The van der Waals surface area contributed by atoms with Crippen molar-refractivity contribution in [3.63, 3.8) is 0 Å². The molecular weight excluding hydrogens is 349 g/mol. The van der Waals surface area contributed by atoms with Gasteiger partial charge in [-0.05, 0) is 44.0 Å². The number of halogens is 1. The van der Waals surface area contributed by atoms with Crippen LogP contribution in [0, 0.1) is 18.7 Å². The first kappa shape index (κ1) is 18.2. The van der Waals surface area contributed by atoms with E-state index in [1.165, 1.54) is 16.4 Å². The van der Waals surface area contributed by atoms with Crippen LogP contribution in [0.1, 0.15) is 18.9 Å². The van der Waals surface area contributed by atoms with Crippen molar-refractivity contribution in [2.24, 2.45) is 5.92 Å². The van der Waals surface area contributed by atoms with E-state index in [1.54, 1.807) is 19.9 Å². The molecule has 1 atom stereocenters. The summed E-state index contributed by atoms with van der Waals surface area (Å²) in [7, 11) is -3.66. The maximum Gasteiger partial charge on any atom is 0.280 e. The fraction of sp³-hybridized carbons (Fsp3) is 0.562. The van der Waals surface area contributed by atoms with Crippen molar-refractivity contribution < 1.29 is 22.3 Å². The van der Waals surface area contributed by atoms with Crippen molar-refractivity contribution >= 4 is 21.8 Å². The van der Waals surface area contributed by atoms with Crippen LogP contribution >= 0.6 is 0 Å². The van der Waals surface area contributed by atoms with E-state index in [2.05, 4.69) is 10.0 Å². The van der Waals surface area contributed by atoms with E-state index in [0.29, 0.717) is 30.9 Å². The maximum absolute atomic E-state index is 13.3. The number of aryl methyl sites for hydroxylation is 1. The minimum atomic E-state index is -3.66. The third-order valence-electron chi connectivity index (χ3n) is 4.50. The number of ether oxygens (including phenoxy) is 1. The molecule has 2 aliphatic heterocycles. The van der Waals surface area contributed by atoms with Crippen LogP contribution in [0.3, 0.4) is 0 Å². The number of nitrogens with one attached hydrogen (secondary N) is 2. The van der Waals surface area contributed by atoms with Crippen LogP contribution in [0.2, 0.25) is 0 Å². The Labute approximate surface area is 146 Å². The fourth-order valence-corrected chi connectivity index (χ4v) is 4.56. The molecule has 2 saturated heterocycles. The molecule has 9 heteroatoms. The lowest BCUT2D eigenvalue weighted by atomic mass is 10.0. The summed E-state index contributed by atoms with van der Waals surface area (Å²) in [6.45, 7) is 4.49. The van der Waals surface area contributed by atoms with Gasteiger partial charge in [0.1, 0.15) is 5.82 Å². The number of hydrogen-bond acceptors (Lipinski definition) is 4. The first-order valence-electron chi connectivity index (χ1n) is 8.12. The number of rotatable bonds is 5. The van der Waals surface area contributed by atoms with Crippen LogP contribution in [0.25, 0.3) is 0 Å². The molecule has 0 spiro atoms. The molecule has 25 heavy (non-hydrogen) atoms. The third kappa shape index (κ3) is 4.00. The SMILES string of the molecule is Cc1cc(NC(=O)[C@H]2CCN(S(=O)(=O)NC3(C)COC3)C2)ccc1F. The lowest BCUT2D eigenvalue weighted by molar-refractivity contribution is -0.119. The average Bonchev–Trinajstić information content (AvgIpc) is 3.00. The molecule has 138 valence electrons. The minimum Gasteiger partial charge on any atom is -0.377 e. The molecule has 0 aliphatic carbocycles. The second-order valence-electron chi connectivity index (χ2n) is 6.96. The summed E-state index contributed by atoms with van der Waals surface area (Å²) in [4.78, 5) is 12.4. The Balaban J connectivity index is 1.60. The zero-order chi connectivity index (χ0) is 18.2. The van der Waals surface area contributed by atoms with Gasteiger partial charge in [-0.1, -0.05) is 0 Å². The number of nitrogens with zero attached hydrogens (tertiary/aromatic N) is 1. The van der Waals surface area contributed by atoms with Crippen molar-refractivity contribution in [3.8, 4) is 0 Å². The van der Waals surface area contributed by atoms with Gasteiger partial charge in [0.15, 0.2) is 0 Å². The van der Waals surface area contributed by atoms with E-state index in [0.717, 1.165) is 0 Å². The van der Waals surface area contributed by atoms with E-state index >= 15 is 0 Å². The van der Waals surface area contributed by atoms with E-state index in [1.807, 2.05) is 0 Å². The molecule has 1 aromatic rings. The van der Waals surface area contributed by atoms with Crippen LogP contribution in [-0.4, -0.2) is 50.5 Å². The highest BCUT2D eigenvalue weighted by Gasteiger charge is 2.42. The Bertz CT molecular complexity index is 780. The predicted octanol–water partition coefficient (Wildman–Crippen LogP) is 1.02. The molecule has 0 aromatic heterocycles. The van der Waals surface area contributed by atoms with Crippen LogP contribution < -0.4 is 10.0 Å². The lowest BCUT2D eigenvalue weighted by Crippen LogP contribution is -2.62. The molecule has 7 nitrogen and oxygen atoms in total. The number of hydrogen-bond donors (Lipinski definition) is 2. The molecule has 2 fully saturated rings. The number of amides is 1. The van der Waals surface area contributed by atoms with Gasteiger partial charge in [0, 0.05) is 18.8 Å². The standard InChI is InChI=1S/C16H22FN3O4S/c1-11-7-13(3-4-14(11)17)18-15(21)12-5-6-20(8-12)25(22,23)19-16(2)9-24-10-16/h3-4,7,12,19H,5-6,8-10H2,1-2H3,(H,18,21)/t12-/m0/s1. The predicted molar refractivity (Wildman–Crippen MR) is 90.7 cm³/mol. The van der Waals surface area contributed by atoms with Crippen LogP contribution in [0.15, 0.2) is 18.2 Å². The van der Waals surface area contributed by atoms with Gasteiger partial charge < -0.3 is 10.1 Å². The molecule has 1 aromatic carbocycles. The normalized spacial score (nSPS) is 23.2. The van der Waals surface area contributed by atoms with Crippen molar-refractivity contribution in [2.75, 3.05) is 31.6 Å². The summed E-state index contributed by atoms with van der Waals surface area (Å²) < 4.78 is 47.1. The maximum atomic E-state index is 13.3. The monoisotopic (exact) mass is 371 g/mol. The number of carbonyl (C=O) groups is 1. The Morgan fingerprint density at radius 2 is 2.12 bits per heavy atom. The molecule has 2 heterocycles. The molecular formula is C16H22FN3O4S. The van der Waals surface area contributed by atoms with Gasteiger partial charge in [-0.25, -0.2) is 4.39 Å². The summed E-state index contributed by atoms with van der Waals surface area (Å²) in [6, 6.07) is 4.33. The van der Waals surface area contributed by atoms with Gasteiger partial charge in [0.25, 0.3) is 10.2 Å². The molecule has 1 amide bonds. The number of anilines is 1. The Kier molecular flexibility index (Phi) is 4.84. The smallest absolute Gasteiger partial charge is 0.280 e. The second-order valence-corrected chi connectivity index (χ2v) is 8.63. The van der Waals surface area contributed by atoms with Gasteiger partial charge >= 0.3 is 0 Å². The van der Waals surface area contributed by atoms with E-state index in [9.17, 15) is 17.6 Å². The number of benzene rings is 1. The third-order valence-corrected chi connectivity index (χ3v) is 6.27. The Morgan fingerprint density at radius 1 is 1.40 bits per heavy atom. The van der Waals surface area contributed by atoms with Crippen LogP contribution in [-0.2, 0) is 19.7 Å². The van der Waals surface area contributed by atoms with Gasteiger partial charge in [-0.15, -0.1) is 0 Å². The molecule has 0 bridgehead atoms. The molecule has 0 saturated carbocycles. The lowest BCUT2D eigenvalue weighted by Gasteiger charge is -2.39. The summed E-state index contributed by atoms with van der Waals surface area (Å²) in [5, 5.41) is 2.73. The quantitative estimate of drug-likeness (QED) is 0.809. The van der Waals surface area contributed by atoms with Crippen molar-refractivity contribution in [3.05, 3.63) is 29.6 Å². The summed E-state index contributed by atoms with van der Waals surface area (Å²) >= 11 is 0. The molecule has 2 N–H and O–H groups in total. The molecule has 0 radical (unpaired) electrons. The first-order chi connectivity index (χ1) is 11.7. The number of carbonyl (C=O) groups excluding carboxylic acids is 1. The van der Waals surface area contributed by atoms with Crippen LogP contribution in [0.4, 0.5) is 10.1 Å². The highest BCUT2D eigenvalue weighted by atomic mass is 32.2. The zero-order valence-corrected chi connectivity index (χ0v) is 15.0. The second kappa shape index (κ2) is 6.64. The van der Waals surface area contributed by atoms with Crippen molar-refractivity contribution in [2.45, 2.75) is 25.8 Å². The van der Waals surface area contributed by atoms with Crippen LogP contribution in [0.5, 0.6) is 0 Å². The van der Waals surface area contributed by atoms with Gasteiger partial charge in [-0.3, -0.25) is 4.79 Å². The molecule has 2 aliphatic rings. The Hall–Kier alpha value is -1.55. The minimum absolute atomic E-state index is 0.123. The highest BCUT2D eigenvalue weighted by molar-refractivity contribution is 7.87. The fourth-order valence-electron chi connectivity index (χ4n) is 2.97. The van der Waals surface area contributed by atoms with E-state index < -0.39 is 21.7 Å². The average molecular weight is 371 g/mol. The summed E-state index contributed by atoms with van der Waals surface area (Å²) in [5.74, 6) is -1.04. The summed E-state index contributed by atoms with van der Waals surface area (Å²) in [6.07, 6.45) is 0.445. The topological polar surface area (TPSA) is 87.7 Å². The largest absolute Gasteiger partial charge is 0.377 e. The Morgan fingerprint density at radius 3 is 2.72 bits per heavy atom.